The molecule has 1 saturated heterocycles. The smallest absolute Gasteiger partial charge is 0.303 e. The first-order valence-corrected chi connectivity index (χ1v) is 9.34. The molecular formula is C18H22FIO6. The molecule has 8 heteroatoms. The zero-order valence-corrected chi connectivity index (χ0v) is 17.2. The number of carbonyl (C=O) groups excluding carboxylic acids is 2. The van der Waals surface area contributed by atoms with Crippen molar-refractivity contribution in [3.05, 3.63) is 27.6 Å². The van der Waals surface area contributed by atoms with Crippen molar-refractivity contribution in [3.8, 4) is 5.75 Å². The number of carbonyl (C=O) groups is 2. The predicted molar refractivity (Wildman–Crippen MR) is 98.9 cm³/mol. The van der Waals surface area contributed by atoms with Crippen molar-refractivity contribution in [1.29, 1.82) is 0 Å². The molecule has 26 heavy (non-hydrogen) atoms. The molecule has 1 aliphatic heterocycles. The van der Waals surface area contributed by atoms with Crippen LogP contribution in [0.3, 0.4) is 0 Å². The van der Waals surface area contributed by atoms with Crippen LogP contribution in [0.2, 0.25) is 0 Å². The minimum atomic E-state index is -1.01. The Kier molecular flexibility index (Phi) is 7.22. The lowest BCUT2D eigenvalue weighted by molar-refractivity contribution is -0.253. The lowest BCUT2D eigenvalue weighted by Crippen LogP contribution is -2.54. The average molecular weight is 480 g/mol. The topological polar surface area (TPSA) is 71.1 Å². The Hall–Kier alpha value is -1.42. The van der Waals surface area contributed by atoms with Crippen molar-refractivity contribution < 1.29 is 32.9 Å². The van der Waals surface area contributed by atoms with Crippen molar-refractivity contribution in [2.75, 3.05) is 6.61 Å². The molecule has 6 nitrogen and oxygen atoms in total. The third-order valence-electron chi connectivity index (χ3n) is 4.40. The highest BCUT2D eigenvalue weighted by atomic mass is 127. The molecule has 1 aliphatic rings. The standard InChI is InChI=1S/C18H22FIO6/c1-9-10(2)17(24-12(4)22)18(26-16(9)8-23-11(3)21)25-15-6-5-13(20)7-14(15)19/h5-7,9-10,16-18H,8H2,1-4H3/t9-,10-,16?,17?,18-/m0/s1. The Morgan fingerprint density at radius 1 is 1.19 bits per heavy atom. The van der Waals surface area contributed by atoms with Gasteiger partial charge in [-0.1, -0.05) is 13.8 Å². The molecule has 144 valence electrons. The van der Waals surface area contributed by atoms with Crippen LogP contribution in [-0.2, 0) is 23.8 Å². The second kappa shape index (κ2) is 8.98. The Morgan fingerprint density at radius 3 is 2.46 bits per heavy atom. The van der Waals surface area contributed by atoms with Crippen LogP contribution in [0.4, 0.5) is 4.39 Å². The highest BCUT2D eigenvalue weighted by molar-refractivity contribution is 14.1. The fourth-order valence-electron chi connectivity index (χ4n) is 2.80. The van der Waals surface area contributed by atoms with Crippen molar-refractivity contribution in [1.82, 2.24) is 0 Å². The molecule has 0 bridgehead atoms. The number of hydrogen-bond donors (Lipinski definition) is 0. The van der Waals surface area contributed by atoms with Crippen LogP contribution in [0.5, 0.6) is 5.75 Å². The molecule has 0 aromatic heterocycles. The van der Waals surface area contributed by atoms with E-state index >= 15 is 0 Å². The number of esters is 2. The number of ether oxygens (including phenoxy) is 4. The molecule has 1 fully saturated rings. The summed E-state index contributed by atoms with van der Waals surface area (Å²) in [5, 5.41) is 0. The lowest BCUT2D eigenvalue weighted by Gasteiger charge is -2.43. The zero-order chi connectivity index (χ0) is 19.4. The maximum absolute atomic E-state index is 14.2. The number of halogens is 2. The third-order valence-corrected chi connectivity index (χ3v) is 5.07. The van der Waals surface area contributed by atoms with Crippen LogP contribution < -0.4 is 4.74 Å². The van der Waals surface area contributed by atoms with Gasteiger partial charge in [0.2, 0.25) is 6.29 Å². The van der Waals surface area contributed by atoms with E-state index in [1.807, 2.05) is 36.4 Å². The van der Waals surface area contributed by atoms with Crippen molar-refractivity contribution in [2.24, 2.45) is 11.8 Å². The van der Waals surface area contributed by atoms with Gasteiger partial charge in [-0.3, -0.25) is 9.59 Å². The predicted octanol–water partition coefficient (Wildman–Crippen LogP) is 3.30. The Morgan fingerprint density at radius 2 is 1.88 bits per heavy atom. The molecule has 0 amide bonds. The van der Waals surface area contributed by atoms with E-state index in [2.05, 4.69) is 0 Å². The summed E-state index contributed by atoms with van der Waals surface area (Å²) in [4.78, 5) is 22.6. The van der Waals surface area contributed by atoms with Crippen LogP contribution in [0.25, 0.3) is 0 Å². The van der Waals surface area contributed by atoms with Crippen molar-refractivity contribution in [2.45, 2.75) is 46.2 Å². The zero-order valence-electron chi connectivity index (χ0n) is 15.0. The summed E-state index contributed by atoms with van der Waals surface area (Å²) >= 11 is 1.99. The first-order valence-electron chi connectivity index (χ1n) is 8.26. The quantitative estimate of drug-likeness (QED) is 0.476. The first-order chi connectivity index (χ1) is 12.2. The highest BCUT2D eigenvalue weighted by Crippen LogP contribution is 2.35. The average Bonchev–Trinajstić information content (AvgIpc) is 2.55. The summed E-state index contributed by atoms with van der Waals surface area (Å²) in [6, 6.07) is 4.53. The van der Waals surface area contributed by atoms with Crippen LogP contribution in [0.15, 0.2) is 18.2 Å². The molecule has 0 aliphatic carbocycles. The van der Waals surface area contributed by atoms with E-state index in [0.717, 1.165) is 3.57 Å². The van der Waals surface area contributed by atoms with E-state index in [9.17, 15) is 14.0 Å². The van der Waals surface area contributed by atoms with E-state index in [4.69, 9.17) is 18.9 Å². The fraction of sp³-hybridized carbons (Fsp3) is 0.556. The highest BCUT2D eigenvalue weighted by Gasteiger charge is 2.45. The van der Waals surface area contributed by atoms with Gasteiger partial charge in [0.05, 0.1) is 6.10 Å². The van der Waals surface area contributed by atoms with Crippen molar-refractivity contribution in [3.63, 3.8) is 0 Å². The monoisotopic (exact) mass is 480 g/mol. The van der Waals surface area contributed by atoms with Gasteiger partial charge >= 0.3 is 11.9 Å². The normalized spacial score (nSPS) is 28.3. The molecule has 0 radical (unpaired) electrons. The van der Waals surface area contributed by atoms with E-state index in [1.54, 1.807) is 6.07 Å². The molecule has 0 saturated carbocycles. The number of benzene rings is 1. The van der Waals surface area contributed by atoms with E-state index in [0.29, 0.717) is 0 Å². The second-order valence-corrected chi connectivity index (χ2v) is 7.58. The molecule has 2 unspecified atom stereocenters. The van der Waals surface area contributed by atoms with Gasteiger partial charge in [0.1, 0.15) is 6.61 Å². The molecular weight excluding hydrogens is 458 g/mol. The summed E-state index contributed by atoms with van der Waals surface area (Å²) in [7, 11) is 0. The molecule has 1 heterocycles. The number of hydrogen-bond acceptors (Lipinski definition) is 6. The fourth-order valence-corrected chi connectivity index (χ4v) is 3.25. The molecule has 0 N–H and O–H groups in total. The minimum absolute atomic E-state index is 0.000516. The molecule has 5 atom stereocenters. The molecule has 0 spiro atoms. The van der Waals surface area contributed by atoms with Gasteiger partial charge in [-0.15, -0.1) is 0 Å². The van der Waals surface area contributed by atoms with Crippen LogP contribution in [0, 0.1) is 21.2 Å². The molecule has 2 rings (SSSR count). The maximum atomic E-state index is 14.2. The van der Waals surface area contributed by atoms with E-state index < -0.39 is 36.3 Å². The summed E-state index contributed by atoms with van der Waals surface area (Å²) in [6.45, 7) is 6.46. The minimum Gasteiger partial charge on any atom is -0.463 e. The Labute approximate surface area is 165 Å². The summed E-state index contributed by atoms with van der Waals surface area (Å²) < 4.78 is 36.9. The largest absolute Gasteiger partial charge is 0.463 e. The van der Waals surface area contributed by atoms with E-state index in [1.165, 1.54) is 26.0 Å². The van der Waals surface area contributed by atoms with Gasteiger partial charge in [0, 0.05) is 23.3 Å². The van der Waals surface area contributed by atoms with Gasteiger partial charge in [0.15, 0.2) is 17.7 Å². The summed E-state index contributed by atoms with van der Waals surface area (Å²) in [5.41, 5.74) is 0. The second-order valence-electron chi connectivity index (χ2n) is 6.33. The van der Waals surface area contributed by atoms with Crippen LogP contribution >= 0.6 is 22.6 Å². The van der Waals surface area contributed by atoms with E-state index in [-0.39, 0.29) is 24.2 Å². The van der Waals surface area contributed by atoms with Gasteiger partial charge in [-0.2, -0.15) is 0 Å². The van der Waals surface area contributed by atoms with Gasteiger partial charge in [0.25, 0.3) is 0 Å². The SMILES string of the molecule is CC(=O)OCC1O[C@H](Oc2ccc(I)cc2F)C(OC(C)=O)[C@@H](C)[C@@H]1C. The molecule has 1 aromatic rings. The van der Waals surface area contributed by atoms with Gasteiger partial charge in [-0.25, -0.2) is 4.39 Å². The first kappa shape index (κ1) is 20.9. The summed E-state index contributed by atoms with van der Waals surface area (Å²) in [5.74, 6) is -1.65. The van der Waals surface area contributed by atoms with Crippen molar-refractivity contribution >= 4 is 34.5 Å². The maximum Gasteiger partial charge on any atom is 0.303 e. The Bertz CT molecular complexity index is 665. The van der Waals surface area contributed by atoms with Gasteiger partial charge in [-0.05, 0) is 46.7 Å². The van der Waals surface area contributed by atoms with Gasteiger partial charge < -0.3 is 18.9 Å². The lowest BCUT2D eigenvalue weighted by atomic mass is 9.83. The summed E-state index contributed by atoms with van der Waals surface area (Å²) in [6.07, 6.45) is -2.19. The van der Waals surface area contributed by atoms with Crippen LogP contribution in [0.1, 0.15) is 27.7 Å². The Balaban J connectivity index is 2.23. The van der Waals surface area contributed by atoms with Crippen LogP contribution in [-0.4, -0.2) is 37.0 Å². The molecule has 1 aromatic carbocycles. The number of rotatable bonds is 5. The third kappa shape index (κ3) is 5.29.